The monoisotopic (exact) mass is 569 g/mol. The highest BCUT2D eigenvalue weighted by molar-refractivity contribution is 7.98. The average molecular weight is 570 g/mol. The maximum Gasteiger partial charge on any atom is 0.416 e. The van der Waals surface area contributed by atoms with Gasteiger partial charge in [-0.15, -0.1) is 11.8 Å². The minimum absolute atomic E-state index is 0.0787. The lowest BCUT2D eigenvalue weighted by Gasteiger charge is -2.43. The number of ether oxygens (including phenoxy) is 1. The molecule has 2 unspecified atom stereocenters. The molecule has 0 saturated carbocycles. The standard InChI is InChI=1S/C28H35ClF3N3O2S/c1-19-16-34(17-20(2)37-19)9-8-33-10-11-35(25(18-33)12-21-4-6-24(29)7-5-21)27(36)22-13-23(28(30,31)32)15-26(14-22)38-3/h4-7,13-15,19-20,25H,8-12,16-18H2,1-3H3/t19?,20?,25-/m1/s1. The minimum Gasteiger partial charge on any atom is -0.373 e. The van der Waals surface area contributed by atoms with Gasteiger partial charge in [0.25, 0.3) is 5.91 Å². The van der Waals surface area contributed by atoms with Gasteiger partial charge in [0.2, 0.25) is 0 Å². The molecule has 2 heterocycles. The van der Waals surface area contributed by atoms with Gasteiger partial charge in [0.05, 0.1) is 17.8 Å². The van der Waals surface area contributed by atoms with E-state index in [9.17, 15) is 18.0 Å². The summed E-state index contributed by atoms with van der Waals surface area (Å²) >= 11 is 7.27. The van der Waals surface area contributed by atoms with E-state index in [-0.39, 0.29) is 29.7 Å². The summed E-state index contributed by atoms with van der Waals surface area (Å²) < 4.78 is 46.5. The van der Waals surface area contributed by atoms with Gasteiger partial charge in [-0.3, -0.25) is 14.6 Å². The lowest BCUT2D eigenvalue weighted by Crippen LogP contribution is -2.57. The Hall–Kier alpha value is -1.78. The zero-order valence-electron chi connectivity index (χ0n) is 22.0. The maximum atomic E-state index is 13.7. The van der Waals surface area contributed by atoms with Crippen LogP contribution in [-0.2, 0) is 17.3 Å². The summed E-state index contributed by atoms with van der Waals surface area (Å²) in [7, 11) is 0. The minimum atomic E-state index is -4.52. The zero-order valence-corrected chi connectivity index (χ0v) is 23.6. The lowest BCUT2D eigenvalue weighted by molar-refractivity contribution is -0.137. The number of benzene rings is 2. The predicted octanol–water partition coefficient (Wildman–Crippen LogP) is 5.56. The quantitative estimate of drug-likeness (QED) is 0.408. The Morgan fingerprint density at radius 3 is 2.29 bits per heavy atom. The summed E-state index contributed by atoms with van der Waals surface area (Å²) in [6.45, 7) is 9.51. The molecule has 0 bridgehead atoms. The molecule has 2 aliphatic heterocycles. The van der Waals surface area contributed by atoms with E-state index >= 15 is 0 Å². The first kappa shape index (κ1) is 29.2. The van der Waals surface area contributed by atoms with Gasteiger partial charge in [0.15, 0.2) is 0 Å². The highest BCUT2D eigenvalue weighted by atomic mass is 35.5. The van der Waals surface area contributed by atoms with E-state index in [1.54, 1.807) is 17.2 Å². The van der Waals surface area contributed by atoms with Crippen LogP contribution in [0.1, 0.15) is 35.3 Å². The number of piperazine rings is 1. The van der Waals surface area contributed by atoms with Gasteiger partial charge in [-0.1, -0.05) is 23.7 Å². The van der Waals surface area contributed by atoms with E-state index in [1.165, 1.54) is 11.8 Å². The van der Waals surface area contributed by atoms with Crippen molar-refractivity contribution in [3.8, 4) is 0 Å². The second-order valence-electron chi connectivity index (χ2n) is 10.2. The summed E-state index contributed by atoms with van der Waals surface area (Å²) in [5, 5.41) is 0.634. The first-order valence-electron chi connectivity index (χ1n) is 12.9. The van der Waals surface area contributed by atoms with Crippen LogP contribution in [0.15, 0.2) is 47.4 Å². The second kappa shape index (κ2) is 12.6. The summed E-state index contributed by atoms with van der Waals surface area (Å²) in [5.41, 5.74) is 0.313. The van der Waals surface area contributed by atoms with Crippen LogP contribution in [0.2, 0.25) is 5.02 Å². The van der Waals surface area contributed by atoms with Crippen molar-refractivity contribution in [3.63, 3.8) is 0 Å². The van der Waals surface area contributed by atoms with E-state index in [2.05, 4.69) is 23.6 Å². The largest absolute Gasteiger partial charge is 0.416 e. The molecule has 38 heavy (non-hydrogen) atoms. The van der Waals surface area contributed by atoms with Gasteiger partial charge >= 0.3 is 6.18 Å². The van der Waals surface area contributed by atoms with Crippen LogP contribution in [0.5, 0.6) is 0 Å². The molecule has 0 radical (unpaired) electrons. The van der Waals surface area contributed by atoms with Gasteiger partial charge in [-0.2, -0.15) is 13.2 Å². The molecule has 208 valence electrons. The van der Waals surface area contributed by atoms with E-state index < -0.39 is 11.7 Å². The number of rotatable bonds is 7. The lowest BCUT2D eigenvalue weighted by atomic mass is 10.00. The molecule has 2 aromatic rings. The Balaban J connectivity index is 1.52. The van der Waals surface area contributed by atoms with Crippen molar-refractivity contribution in [1.29, 1.82) is 0 Å². The number of hydrogen-bond acceptors (Lipinski definition) is 5. The number of thioether (sulfide) groups is 1. The Morgan fingerprint density at radius 2 is 1.66 bits per heavy atom. The van der Waals surface area contributed by atoms with Crippen molar-refractivity contribution in [1.82, 2.24) is 14.7 Å². The third kappa shape index (κ3) is 7.66. The smallest absolute Gasteiger partial charge is 0.373 e. The van der Waals surface area contributed by atoms with E-state index in [1.807, 2.05) is 24.3 Å². The zero-order chi connectivity index (χ0) is 27.4. The van der Waals surface area contributed by atoms with E-state index in [0.717, 1.165) is 43.9 Å². The van der Waals surface area contributed by atoms with Crippen molar-refractivity contribution < 1.29 is 22.7 Å². The van der Waals surface area contributed by atoms with Gasteiger partial charge in [-0.05, 0) is 62.4 Å². The van der Waals surface area contributed by atoms with Crippen LogP contribution in [0.4, 0.5) is 13.2 Å². The normalized spacial score (nSPS) is 23.6. The van der Waals surface area contributed by atoms with Gasteiger partial charge in [0.1, 0.15) is 0 Å². The van der Waals surface area contributed by atoms with Crippen LogP contribution in [-0.4, -0.2) is 90.9 Å². The molecule has 10 heteroatoms. The first-order chi connectivity index (χ1) is 18.0. The third-order valence-corrected chi connectivity index (χ3v) is 8.12. The molecule has 2 aromatic carbocycles. The Labute approximate surface area is 232 Å². The van der Waals surface area contributed by atoms with Gasteiger partial charge in [0, 0.05) is 67.3 Å². The summed E-state index contributed by atoms with van der Waals surface area (Å²) in [4.78, 5) is 20.6. The van der Waals surface area contributed by atoms with Crippen LogP contribution in [0, 0.1) is 0 Å². The molecule has 2 aliphatic rings. The van der Waals surface area contributed by atoms with Crippen molar-refractivity contribution in [2.24, 2.45) is 0 Å². The number of amides is 1. The first-order valence-corrected chi connectivity index (χ1v) is 14.5. The molecule has 1 amide bonds. The Bertz CT molecular complexity index is 1090. The third-order valence-electron chi connectivity index (χ3n) is 7.16. The predicted molar refractivity (Wildman–Crippen MR) is 146 cm³/mol. The molecule has 0 aliphatic carbocycles. The summed E-state index contributed by atoms with van der Waals surface area (Å²) in [6, 6.07) is 11.0. The highest BCUT2D eigenvalue weighted by Crippen LogP contribution is 2.33. The molecule has 0 N–H and O–H groups in total. The number of carbonyl (C=O) groups is 1. The molecule has 2 fully saturated rings. The van der Waals surface area contributed by atoms with Crippen molar-refractivity contribution in [2.75, 3.05) is 52.1 Å². The van der Waals surface area contributed by atoms with Crippen molar-refractivity contribution in [3.05, 3.63) is 64.2 Å². The molecule has 4 rings (SSSR count). The molecule has 5 nitrogen and oxygen atoms in total. The summed E-state index contributed by atoms with van der Waals surface area (Å²) in [5.74, 6) is -0.360. The number of halogens is 4. The molecule has 0 aromatic heterocycles. The van der Waals surface area contributed by atoms with Crippen LogP contribution >= 0.6 is 23.4 Å². The van der Waals surface area contributed by atoms with Gasteiger partial charge in [-0.25, -0.2) is 0 Å². The highest BCUT2D eigenvalue weighted by Gasteiger charge is 2.35. The molecule has 0 spiro atoms. The molecule has 3 atom stereocenters. The molecule has 2 saturated heterocycles. The second-order valence-corrected chi connectivity index (χ2v) is 11.6. The van der Waals surface area contributed by atoms with Crippen LogP contribution < -0.4 is 0 Å². The van der Waals surface area contributed by atoms with Crippen LogP contribution in [0.3, 0.4) is 0 Å². The van der Waals surface area contributed by atoms with Gasteiger partial charge < -0.3 is 9.64 Å². The SMILES string of the molecule is CSc1cc(C(=O)N2CCN(CCN3CC(C)OC(C)C3)C[C@H]2Cc2ccc(Cl)cc2)cc(C(F)(F)F)c1. The Kier molecular flexibility index (Phi) is 9.68. The fourth-order valence-corrected chi connectivity index (χ4v) is 5.99. The van der Waals surface area contributed by atoms with E-state index in [4.69, 9.17) is 16.3 Å². The number of nitrogens with zero attached hydrogens (tertiary/aromatic N) is 3. The van der Waals surface area contributed by atoms with Crippen LogP contribution in [0.25, 0.3) is 0 Å². The molecular formula is C28H35ClF3N3O2S. The number of alkyl halides is 3. The molecular weight excluding hydrogens is 535 g/mol. The van der Waals surface area contributed by atoms with E-state index in [0.29, 0.717) is 36.0 Å². The summed E-state index contributed by atoms with van der Waals surface area (Å²) in [6.07, 6.45) is -1.81. The number of carbonyl (C=O) groups excluding carboxylic acids is 1. The average Bonchev–Trinajstić information content (AvgIpc) is 2.87. The number of hydrogen-bond donors (Lipinski definition) is 0. The van der Waals surface area contributed by atoms with Crippen molar-refractivity contribution in [2.45, 2.75) is 49.6 Å². The van der Waals surface area contributed by atoms with Crippen molar-refractivity contribution >= 4 is 29.3 Å². The topological polar surface area (TPSA) is 36.0 Å². The fraction of sp³-hybridized carbons (Fsp3) is 0.536. The Morgan fingerprint density at radius 1 is 1.00 bits per heavy atom. The number of morpholine rings is 1. The maximum absolute atomic E-state index is 13.7. The fourth-order valence-electron chi connectivity index (χ4n) is 5.38.